The summed E-state index contributed by atoms with van der Waals surface area (Å²) < 4.78 is 12.6. The Labute approximate surface area is 165 Å². The minimum atomic E-state index is -0.131. The molecule has 0 aliphatic carbocycles. The second-order valence-electron chi connectivity index (χ2n) is 6.24. The SMILES string of the molecule is COc1ccc(CCc2nc3s/c(=C\c4ccccc4)c(=O)n3n2)cc1OC. The summed E-state index contributed by atoms with van der Waals surface area (Å²) in [7, 11) is 3.23. The zero-order chi connectivity index (χ0) is 19.5. The summed E-state index contributed by atoms with van der Waals surface area (Å²) in [6.07, 6.45) is 3.25. The van der Waals surface area contributed by atoms with Crippen molar-refractivity contribution in [2.45, 2.75) is 12.8 Å². The Morgan fingerprint density at radius 1 is 1.04 bits per heavy atom. The highest BCUT2D eigenvalue weighted by atomic mass is 32.1. The van der Waals surface area contributed by atoms with Crippen molar-refractivity contribution in [3.8, 4) is 11.5 Å². The number of hydrogen-bond acceptors (Lipinski definition) is 6. The third kappa shape index (κ3) is 3.61. The number of methoxy groups -OCH3 is 2. The van der Waals surface area contributed by atoms with E-state index in [1.807, 2.05) is 54.6 Å². The highest BCUT2D eigenvalue weighted by molar-refractivity contribution is 7.15. The average Bonchev–Trinajstić information content (AvgIpc) is 3.26. The van der Waals surface area contributed by atoms with Crippen LogP contribution in [-0.4, -0.2) is 28.8 Å². The molecule has 0 N–H and O–H groups in total. The summed E-state index contributed by atoms with van der Waals surface area (Å²) in [5.74, 6) is 2.05. The van der Waals surface area contributed by atoms with Gasteiger partial charge < -0.3 is 9.47 Å². The number of hydrogen-bond donors (Lipinski definition) is 0. The van der Waals surface area contributed by atoms with Gasteiger partial charge in [-0.15, -0.1) is 5.10 Å². The molecule has 4 aromatic rings. The van der Waals surface area contributed by atoms with Crippen LogP contribution in [-0.2, 0) is 12.8 Å². The van der Waals surface area contributed by atoms with Gasteiger partial charge >= 0.3 is 0 Å². The molecule has 7 heteroatoms. The van der Waals surface area contributed by atoms with Crippen molar-refractivity contribution in [1.82, 2.24) is 14.6 Å². The first kappa shape index (κ1) is 18.2. The maximum Gasteiger partial charge on any atom is 0.291 e. The third-order valence-corrected chi connectivity index (χ3v) is 5.37. The minimum Gasteiger partial charge on any atom is -0.493 e. The molecule has 0 aliphatic rings. The van der Waals surface area contributed by atoms with Crippen LogP contribution in [0.15, 0.2) is 53.3 Å². The lowest BCUT2D eigenvalue weighted by Gasteiger charge is -2.08. The molecule has 0 radical (unpaired) electrons. The van der Waals surface area contributed by atoms with Gasteiger partial charge in [0.25, 0.3) is 5.56 Å². The van der Waals surface area contributed by atoms with Crippen LogP contribution in [0.5, 0.6) is 11.5 Å². The van der Waals surface area contributed by atoms with E-state index >= 15 is 0 Å². The molecule has 0 bridgehead atoms. The normalized spacial score (nSPS) is 11.9. The quantitative estimate of drug-likeness (QED) is 0.504. The van der Waals surface area contributed by atoms with Crippen molar-refractivity contribution in [1.29, 1.82) is 0 Å². The van der Waals surface area contributed by atoms with Gasteiger partial charge in [0.2, 0.25) is 4.96 Å². The van der Waals surface area contributed by atoms with E-state index in [-0.39, 0.29) is 5.56 Å². The van der Waals surface area contributed by atoms with Crippen molar-refractivity contribution in [2.24, 2.45) is 0 Å². The fourth-order valence-corrected chi connectivity index (χ4v) is 3.90. The van der Waals surface area contributed by atoms with Crippen LogP contribution in [0, 0.1) is 0 Å². The molecule has 0 atom stereocenters. The van der Waals surface area contributed by atoms with Gasteiger partial charge in [-0.3, -0.25) is 4.79 Å². The minimum absolute atomic E-state index is 0.131. The second-order valence-corrected chi connectivity index (χ2v) is 7.25. The van der Waals surface area contributed by atoms with E-state index in [0.717, 1.165) is 17.5 Å². The molecule has 142 valence electrons. The number of fused-ring (bicyclic) bond motifs is 1. The fraction of sp³-hybridized carbons (Fsp3) is 0.190. The Morgan fingerprint density at radius 3 is 2.54 bits per heavy atom. The van der Waals surface area contributed by atoms with Gasteiger partial charge in [0.1, 0.15) is 0 Å². The predicted molar refractivity (Wildman–Crippen MR) is 109 cm³/mol. The molecule has 0 unspecified atom stereocenters. The maximum absolute atomic E-state index is 12.6. The van der Waals surface area contributed by atoms with Crippen LogP contribution in [0.3, 0.4) is 0 Å². The van der Waals surface area contributed by atoms with E-state index in [0.29, 0.717) is 33.2 Å². The van der Waals surface area contributed by atoms with Gasteiger partial charge in [0.05, 0.1) is 18.8 Å². The summed E-state index contributed by atoms with van der Waals surface area (Å²) in [6, 6.07) is 15.6. The lowest BCUT2D eigenvalue weighted by Crippen LogP contribution is -2.23. The topological polar surface area (TPSA) is 65.7 Å². The van der Waals surface area contributed by atoms with E-state index in [2.05, 4.69) is 10.1 Å². The first-order chi connectivity index (χ1) is 13.7. The highest BCUT2D eigenvalue weighted by Crippen LogP contribution is 2.27. The lowest BCUT2D eigenvalue weighted by molar-refractivity contribution is 0.354. The molecule has 2 aromatic carbocycles. The Kier molecular flexibility index (Phi) is 5.08. The molecule has 0 fully saturated rings. The zero-order valence-corrected chi connectivity index (χ0v) is 16.4. The largest absolute Gasteiger partial charge is 0.493 e. The number of benzene rings is 2. The molecule has 2 heterocycles. The van der Waals surface area contributed by atoms with E-state index in [1.54, 1.807) is 14.2 Å². The highest BCUT2D eigenvalue weighted by Gasteiger charge is 2.11. The Hall–Kier alpha value is -3.19. The summed E-state index contributed by atoms with van der Waals surface area (Å²) in [5.41, 5.74) is 1.95. The number of aromatic nitrogens is 3. The molecular weight excluding hydrogens is 374 g/mol. The van der Waals surface area contributed by atoms with Gasteiger partial charge in [-0.25, -0.2) is 4.98 Å². The number of nitrogens with zero attached hydrogens (tertiary/aromatic N) is 3. The summed E-state index contributed by atoms with van der Waals surface area (Å²) in [4.78, 5) is 17.7. The molecule has 28 heavy (non-hydrogen) atoms. The standard InChI is InChI=1S/C21H19N3O3S/c1-26-16-10-8-15(12-17(16)27-2)9-11-19-22-21-24(23-19)20(25)18(28-21)13-14-6-4-3-5-7-14/h3-8,10,12-13H,9,11H2,1-2H3/b18-13-. The summed E-state index contributed by atoms with van der Waals surface area (Å²) >= 11 is 1.36. The van der Waals surface area contributed by atoms with Crippen LogP contribution in [0.25, 0.3) is 11.0 Å². The molecule has 0 saturated heterocycles. The Balaban J connectivity index is 1.55. The van der Waals surface area contributed by atoms with Crippen molar-refractivity contribution >= 4 is 22.4 Å². The van der Waals surface area contributed by atoms with E-state index in [9.17, 15) is 4.79 Å². The molecule has 2 aromatic heterocycles. The molecule has 6 nitrogen and oxygen atoms in total. The number of aryl methyl sites for hydroxylation is 2. The van der Waals surface area contributed by atoms with Crippen molar-refractivity contribution in [3.63, 3.8) is 0 Å². The predicted octanol–water partition coefficient (Wildman–Crippen LogP) is 2.50. The van der Waals surface area contributed by atoms with E-state index < -0.39 is 0 Å². The smallest absolute Gasteiger partial charge is 0.291 e. The first-order valence-electron chi connectivity index (χ1n) is 8.84. The molecule has 0 amide bonds. The molecule has 0 aliphatic heterocycles. The Bertz CT molecular complexity index is 1220. The van der Waals surface area contributed by atoms with Gasteiger partial charge in [0.15, 0.2) is 17.3 Å². The first-order valence-corrected chi connectivity index (χ1v) is 9.65. The van der Waals surface area contributed by atoms with Crippen LogP contribution in [0.2, 0.25) is 0 Å². The third-order valence-electron chi connectivity index (χ3n) is 4.41. The van der Waals surface area contributed by atoms with E-state index in [1.165, 1.54) is 15.9 Å². The van der Waals surface area contributed by atoms with Crippen molar-refractivity contribution < 1.29 is 9.47 Å². The number of ether oxygens (including phenoxy) is 2. The van der Waals surface area contributed by atoms with Crippen LogP contribution in [0.1, 0.15) is 17.0 Å². The van der Waals surface area contributed by atoms with Crippen LogP contribution >= 0.6 is 11.3 Å². The average molecular weight is 393 g/mol. The van der Waals surface area contributed by atoms with Crippen LogP contribution < -0.4 is 19.6 Å². The second kappa shape index (κ2) is 7.82. The number of thiazole rings is 1. The maximum atomic E-state index is 12.6. The molecule has 0 saturated carbocycles. The lowest BCUT2D eigenvalue weighted by atomic mass is 10.1. The number of rotatable bonds is 6. The van der Waals surface area contributed by atoms with Gasteiger partial charge in [-0.1, -0.05) is 47.7 Å². The molecule has 4 rings (SSSR count). The summed E-state index contributed by atoms with van der Waals surface area (Å²) in [5, 5.41) is 4.39. The fourth-order valence-electron chi connectivity index (χ4n) is 2.97. The van der Waals surface area contributed by atoms with E-state index in [4.69, 9.17) is 9.47 Å². The van der Waals surface area contributed by atoms with Gasteiger partial charge in [0, 0.05) is 6.42 Å². The van der Waals surface area contributed by atoms with Crippen molar-refractivity contribution in [2.75, 3.05) is 14.2 Å². The van der Waals surface area contributed by atoms with Crippen molar-refractivity contribution in [3.05, 3.63) is 80.4 Å². The molecule has 0 spiro atoms. The summed E-state index contributed by atoms with van der Waals surface area (Å²) in [6.45, 7) is 0. The van der Waals surface area contributed by atoms with Gasteiger partial charge in [-0.2, -0.15) is 4.52 Å². The Morgan fingerprint density at radius 2 is 1.82 bits per heavy atom. The molecular formula is C21H19N3O3S. The monoisotopic (exact) mass is 393 g/mol. The van der Waals surface area contributed by atoms with Crippen LogP contribution in [0.4, 0.5) is 0 Å². The zero-order valence-electron chi connectivity index (χ0n) is 15.6. The van der Waals surface area contributed by atoms with Gasteiger partial charge in [-0.05, 0) is 35.8 Å².